The number of para-hydroxylation sites is 1. The van der Waals surface area contributed by atoms with Gasteiger partial charge in [-0.1, -0.05) is 53.2 Å². The summed E-state index contributed by atoms with van der Waals surface area (Å²) in [6.07, 6.45) is 3.37. The maximum absolute atomic E-state index is 12.9. The van der Waals surface area contributed by atoms with Gasteiger partial charge < -0.3 is 5.32 Å². The van der Waals surface area contributed by atoms with E-state index in [2.05, 4.69) is 20.6 Å². The Hall–Kier alpha value is -3.80. The van der Waals surface area contributed by atoms with Gasteiger partial charge in [-0.25, -0.2) is 4.68 Å². The molecule has 4 aromatic rings. The van der Waals surface area contributed by atoms with Crippen LogP contribution in [0.5, 0.6) is 0 Å². The van der Waals surface area contributed by atoms with E-state index in [0.29, 0.717) is 12.2 Å². The van der Waals surface area contributed by atoms with Gasteiger partial charge in [-0.3, -0.25) is 9.78 Å². The van der Waals surface area contributed by atoms with E-state index in [1.165, 1.54) is 5.56 Å². The van der Waals surface area contributed by atoms with Gasteiger partial charge in [0.1, 0.15) is 5.69 Å². The van der Waals surface area contributed by atoms with Crippen LogP contribution in [0.15, 0.2) is 79.1 Å². The lowest BCUT2D eigenvalue weighted by atomic mass is 10.1. The Morgan fingerprint density at radius 3 is 2.39 bits per heavy atom. The predicted molar refractivity (Wildman–Crippen MR) is 107 cm³/mol. The van der Waals surface area contributed by atoms with Gasteiger partial charge in [-0.15, -0.1) is 5.10 Å². The van der Waals surface area contributed by atoms with Crippen LogP contribution in [0.2, 0.25) is 0 Å². The Bertz CT molecular complexity index is 1070. The lowest BCUT2D eigenvalue weighted by Crippen LogP contribution is -2.24. The molecule has 6 nitrogen and oxygen atoms in total. The summed E-state index contributed by atoms with van der Waals surface area (Å²) in [5, 5.41) is 11.4. The first kappa shape index (κ1) is 17.6. The van der Waals surface area contributed by atoms with Crippen LogP contribution in [0.1, 0.15) is 21.6 Å². The highest BCUT2D eigenvalue weighted by Gasteiger charge is 2.22. The van der Waals surface area contributed by atoms with Crippen LogP contribution >= 0.6 is 0 Å². The number of hydrogen-bond acceptors (Lipinski definition) is 4. The van der Waals surface area contributed by atoms with Gasteiger partial charge >= 0.3 is 0 Å². The fraction of sp³-hybridized carbons (Fsp3) is 0.0909. The number of hydrogen-bond donors (Lipinski definition) is 1. The summed E-state index contributed by atoms with van der Waals surface area (Å²) in [6.45, 7) is 2.46. The van der Waals surface area contributed by atoms with E-state index in [4.69, 9.17) is 0 Å². The third kappa shape index (κ3) is 3.66. The summed E-state index contributed by atoms with van der Waals surface area (Å²) < 4.78 is 1.68. The fourth-order valence-electron chi connectivity index (χ4n) is 2.93. The van der Waals surface area contributed by atoms with E-state index in [9.17, 15) is 4.79 Å². The normalized spacial score (nSPS) is 10.6. The minimum Gasteiger partial charge on any atom is -0.346 e. The molecule has 0 bridgehead atoms. The zero-order valence-electron chi connectivity index (χ0n) is 15.4. The van der Waals surface area contributed by atoms with Crippen molar-refractivity contribution in [3.05, 3.63) is 95.9 Å². The number of carbonyl (C=O) groups excluding carboxylic acids is 1. The van der Waals surface area contributed by atoms with Gasteiger partial charge in [-0.2, -0.15) is 0 Å². The number of carbonyl (C=O) groups is 1. The van der Waals surface area contributed by atoms with Crippen molar-refractivity contribution in [3.8, 4) is 16.9 Å². The van der Waals surface area contributed by atoms with Crippen LogP contribution in [0.25, 0.3) is 16.9 Å². The third-order valence-corrected chi connectivity index (χ3v) is 4.41. The summed E-state index contributed by atoms with van der Waals surface area (Å²) in [6, 6.07) is 21.4. The summed E-state index contributed by atoms with van der Waals surface area (Å²) in [4.78, 5) is 16.9. The van der Waals surface area contributed by atoms with Crippen molar-refractivity contribution < 1.29 is 4.79 Å². The predicted octanol–water partition coefficient (Wildman–Crippen LogP) is 3.57. The first-order chi connectivity index (χ1) is 13.7. The van der Waals surface area contributed by atoms with Gasteiger partial charge in [0.05, 0.1) is 5.69 Å². The highest BCUT2D eigenvalue weighted by Crippen LogP contribution is 2.24. The van der Waals surface area contributed by atoms with Crippen LogP contribution in [-0.2, 0) is 6.54 Å². The molecule has 2 aromatic carbocycles. The molecule has 0 aliphatic heterocycles. The second kappa shape index (κ2) is 7.84. The molecule has 28 heavy (non-hydrogen) atoms. The number of aryl methyl sites for hydroxylation is 1. The number of aromatic nitrogens is 4. The molecular weight excluding hydrogens is 350 g/mol. The number of benzene rings is 2. The first-order valence-corrected chi connectivity index (χ1v) is 8.97. The average Bonchev–Trinajstić information content (AvgIpc) is 3.20. The molecule has 0 atom stereocenters. The molecule has 0 aliphatic carbocycles. The Morgan fingerprint density at radius 2 is 1.68 bits per heavy atom. The van der Waals surface area contributed by atoms with E-state index in [1.54, 1.807) is 17.1 Å². The minimum absolute atomic E-state index is 0.269. The first-order valence-electron chi connectivity index (χ1n) is 8.97. The van der Waals surface area contributed by atoms with E-state index < -0.39 is 0 Å². The number of nitrogens with one attached hydrogen (secondary N) is 1. The van der Waals surface area contributed by atoms with E-state index in [0.717, 1.165) is 16.8 Å². The molecule has 2 aromatic heterocycles. The number of nitrogens with zero attached hydrogens (tertiary/aromatic N) is 4. The maximum atomic E-state index is 12.9. The molecule has 0 spiro atoms. The minimum atomic E-state index is -0.269. The molecule has 0 unspecified atom stereocenters. The quantitative estimate of drug-likeness (QED) is 0.584. The van der Waals surface area contributed by atoms with Crippen molar-refractivity contribution in [2.45, 2.75) is 13.5 Å². The van der Waals surface area contributed by atoms with Crippen molar-refractivity contribution in [3.63, 3.8) is 0 Å². The summed E-state index contributed by atoms with van der Waals surface area (Å²) >= 11 is 0. The molecule has 6 heteroatoms. The highest BCUT2D eigenvalue weighted by molar-refractivity contribution is 5.98. The molecule has 0 fully saturated rings. The van der Waals surface area contributed by atoms with Crippen molar-refractivity contribution in [1.82, 2.24) is 25.3 Å². The largest absolute Gasteiger partial charge is 0.346 e. The van der Waals surface area contributed by atoms with Crippen LogP contribution in [0, 0.1) is 6.92 Å². The zero-order chi connectivity index (χ0) is 19.3. The van der Waals surface area contributed by atoms with Gasteiger partial charge in [0, 0.05) is 24.5 Å². The molecule has 0 aliphatic rings. The van der Waals surface area contributed by atoms with Crippen LogP contribution in [0.3, 0.4) is 0 Å². The summed E-state index contributed by atoms with van der Waals surface area (Å²) in [5.74, 6) is -0.269. The van der Waals surface area contributed by atoms with Crippen molar-refractivity contribution in [1.29, 1.82) is 0 Å². The van der Waals surface area contributed by atoms with Crippen LogP contribution in [0.4, 0.5) is 0 Å². The number of amides is 1. The Balaban J connectivity index is 1.67. The molecule has 1 N–H and O–H groups in total. The molecule has 4 rings (SSSR count). The van der Waals surface area contributed by atoms with E-state index in [1.807, 2.05) is 73.7 Å². The topological polar surface area (TPSA) is 72.7 Å². The molecule has 1 amide bonds. The van der Waals surface area contributed by atoms with Crippen LogP contribution < -0.4 is 5.32 Å². The van der Waals surface area contributed by atoms with Gasteiger partial charge in [0.2, 0.25) is 0 Å². The monoisotopic (exact) mass is 369 g/mol. The third-order valence-electron chi connectivity index (χ3n) is 4.41. The lowest BCUT2D eigenvalue weighted by Gasteiger charge is -2.09. The average molecular weight is 369 g/mol. The van der Waals surface area contributed by atoms with Gasteiger partial charge in [0.25, 0.3) is 5.91 Å². The molecule has 0 saturated carbocycles. The SMILES string of the molecule is Cc1ccc(CNC(=O)c2nnn(-c3ccccc3)c2-c2ccncc2)cc1. The number of rotatable bonds is 5. The molecule has 2 heterocycles. The van der Waals surface area contributed by atoms with Crippen molar-refractivity contribution in [2.24, 2.45) is 0 Å². The standard InChI is InChI=1S/C22H19N5O/c1-16-7-9-17(10-8-16)15-24-22(28)20-21(18-11-13-23-14-12-18)27(26-25-20)19-5-3-2-4-6-19/h2-14H,15H2,1H3,(H,24,28). The Morgan fingerprint density at radius 1 is 0.964 bits per heavy atom. The molecular formula is C22H19N5O. The second-order valence-electron chi connectivity index (χ2n) is 6.44. The fourth-order valence-corrected chi connectivity index (χ4v) is 2.93. The molecule has 0 saturated heterocycles. The maximum Gasteiger partial charge on any atom is 0.274 e. The highest BCUT2D eigenvalue weighted by atomic mass is 16.2. The van der Waals surface area contributed by atoms with Gasteiger partial charge in [0.15, 0.2) is 5.69 Å². The van der Waals surface area contributed by atoms with Crippen molar-refractivity contribution in [2.75, 3.05) is 0 Å². The van der Waals surface area contributed by atoms with E-state index >= 15 is 0 Å². The van der Waals surface area contributed by atoms with Crippen molar-refractivity contribution >= 4 is 5.91 Å². The molecule has 0 radical (unpaired) electrons. The van der Waals surface area contributed by atoms with Crippen LogP contribution in [-0.4, -0.2) is 25.9 Å². The zero-order valence-corrected chi connectivity index (χ0v) is 15.4. The molecule has 138 valence electrons. The lowest BCUT2D eigenvalue weighted by molar-refractivity contribution is 0.0946. The smallest absolute Gasteiger partial charge is 0.274 e. The van der Waals surface area contributed by atoms with Gasteiger partial charge in [-0.05, 0) is 36.8 Å². The Kier molecular flexibility index (Phi) is 4.93. The Labute approximate surface area is 162 Å². The number of pyridine rings is 1. The second-order valence-corrected chi connectivity index (χ2v) is 6.44. The summed E-state index contributed by atoms with van der Waals surface area (Å²) in [7, 11) is 0. The summed E-state index contributed by atoms with van der Waals surface area (Å²) in [5.41, 5.74) is 4.78. The van der Waals surface area contributed by atoms with E-state index in [-0.39, 0.29) is 11.6 Å².